The number of aromatic nitrogens is 1. The summed E-state index contributed by atoms with van der Waals surface area (Å²) in [4.78, 5) is 54.7. The Balaban J connectivity index is 1.10. The van der Waals surface area contributed by atoms with Crippen LogP contribution in [0.4, 0.5) is 5.69 Å². The van der Waals surface area contributed by atoms with Crippen molar-refractivity contribution in [2.75, 3.05) is 11.9 Å². The summed E-state index contributed by atoms with van der Waals surface area (Å²) in [5, 5.41) is 17.0. The van der Waals surface area contributed by atoms with E-state index in [0.29, 0.717) is 23.4 Å². The number of hydrogen-bond acceptors (Lipinski definition) is 8. The third-order valence-corrected chi connectivity index (χ3v) is 7.02. The van der Waals surface area contributed by atoms with Crippen molar-refractivity contribution in [3.8, 4) is 0 Å². The molecule has 4 amide bonds. The van der Waals surface area contributed by atoms with Crippen LogP contribution in [-0.4, -0.2) is 57.9 Å². The number of nitrogens with one attached hydrogen (secondary N) is 4. The first-order valence-corrected chi connectivity index (χ1v) is 12.3. The third-order valence-electron chi connectivity index (χ3n) is 7.02. The van der Waals surface area contributed by atoms with Gasteiger partial charge in [-0.3, -0.25) is 39.8 Å². The molecule has 1 aliphatic carbocycles. The normalized spacial score (nSPS) is 23.1. The molecule has 1 saturated heterocycles. The number of aryl methyl sites for hydroxylation is 1. The number of nitrogens with zero attached hydrogens (tertiary/aromatic N) is 2. The number of allylic oxidation sites excluding steroid dienone is 1. The summed E-state index contributed by atoms with van der Waals surface area (Å²) in [5.41, 5.74) is 3.15. The maximum absolute atomic E-state index is 13.0. The van der Waals surface area contributed by atoms with Crippen LogP contribution in [0.3, 0.4) is 0 Å². The van der Waals surface area contributed by atoms with Crippen LogP contribution in [0.25, 0.3) is 0 Å². The van der Waals surface area contributed by atoms with E-state index in [-0.39, 0.29) is 24.0 Å². The molecule has 2 aliphatic heterocycles. The Kier molecular flexibility index (Phi) is 6.56. The second kappa shape index (κ2) is 9.96. The topological polar surface area (TPSA) is 144 Å². The largest absolute Gasteiger partial charge is 0.388 e. The van der Waals surface area contributed by atoms with E-state index in [1.807, 2.05) is 25.1 Å². The smallest absolute Gasteiger partial charge is 0.262 e. The molecule has 1 atom stereocenters. The van der Waals surface area contributed by atoms with Crippen LogP contribution in [-0.2, 0) is 9.59 Å². The molecule has 1 unspecified atom stereocenters. The van der Waals surface area contributed by atoms with Crippen LogP contribution in [0.5, 0.6) is 0 Å². The van der Waals surface area contributed by atoms with Gasteiger partial charge in [0.05, 0.1) is 22.5 Å². The lowest BCUT2D eigenvalue weighted by molar-refractivity contribution is -0.136. The van der Waals surface area contributed by atoms with Crippen molar-refractivity contribution < 1.29 is 19.2 Å². The fourth-order valence-corrected chi connectivity index (χ4v) is 4.93. The minimum absolute atomic E-state index is 0.0934. The Labute approximate surface area is 214 Å². The van der Waals surface area contributed by atoms with Crippen molar-refractivity contribution in [3.63, 3.8) is 0 Å². The molecule has 0 spiro atoms. The molecule has 4 N–H and O–H groups in total. The number of pyridine rings is 1. The summed E-state index contributed by atoms with van der Waals surface area (Å²) >= 11 is 0. The van der Waals surface area contributed by atoms with Crippen molar-refractivity contribution in [3.05, 3.63) is 71.2 Å². The molecule has 10 heteroatoms. The molecule has 1 aromatic heterocycles. The van der Waals surface area contributed by atoms with Gasteiger partial charge in [-0.25, -0.2) is 0 Å². The predicted molar refractivity (Wildman–Crippen MR) is 136 cm³/mol. The summed E-state index contributed by atoms with van der Waals surface area (Å²) in [6, 6.07) is 10.0. The first-order valence-electron chi connectivity index (χ1n) is 12.3. The molecular weight excluding hydrogens is 472 g/mol. The van der Waals surface area contributed by atoms with Gasteiger partial charge in [0.1, 0.15) is 6.04 Å². The van der Waals surface area contributed by atoms with E-state index >= 15 is 0 Å². The summed E-state index contributed by atoms with van der Waals surface area (Å²) in [7, 11) is 0. The molecule has 10 nitrogen and oxygen atoms in total. The predicted octanol–water partition coefficient (Wildman–Crippen LogP) is 2.15. The van der Waals surface area contributed by atoms with Crippen molar-refractivity contribution in [2.45, 2.75) is 44.7 Å². The molecule has 0 radical (unpaired) electrons. The van der Waals surface area contributed by atoms with Gasteiger partial charge in [0.25, 0.3) is 11.8 Å². The maximum atomic E-state index is 13.0. The van der Waals surface area contributed by atoms with E-state index < -0.39 is 29.7 Å². The molecule has 1 aromatic carbocycles. The van der Waals surface area contributed by atoms with Crippen LogP contribution in [0.2, 0.25) is 0 Å². The Morgan fingerprint density at radius 3 is 2.68 bits per heavy atom. The van der Waals surface area contributed by atoms with Crippen molar-refractivity contribution in [1.82, 2.24) is 20.5 Å². The van der Waals surface area contributed by atoms with Crippen molar-refractivity contribution in [1.29, 1.82) is 5.41 Å². The Bertz CT molecular complexity index is 1330. The van der Waals surface area contributed by atoms with Crippen LogP contribution >= 0.6 is 0 Å². The number of carbonyl (C=O) groups excluding carboxylic acids is 4. The Morgan fingerprint density at radius 2 is 1.92 bits per heavy atom. The van der Waals surface area contributed by atoms with Gasteiger partial charge in [0, 0.05) is 30.4 Å². The monoisotopic (exact) mass is 500 g/mol. The first-order chi connectivity index (χ1) is 17.8. The molecule has 190 valence electrons. The molecular formula is C27H28N6O4. The number of hydrogen-bond donors (Lipinski definition) is 4. The van der Waals surface area contributed by atoms with Gasteiger partial charge in [-0.05, 0) is 74.7 Å². The number of piperidine rings is 1. The highest BCUT2D eigenvalue weighted by Crippen LogP contribution is 2.31. The van der Waals surface area contributed by atoms with Crippen LogP contribution < -0.4 is 16.0 Å². The van der Waals surface area contributed by atoms with E-state index in [2.05, 4.69) is 20.9 Å². The van der Waals surface area contributed by atoms with Crippen LogP contribution in [0.15, 0.2) is 48.7 Å². The zero-order valence-corrected chi connectivity index (χ0v) is 20.4. The number of fused-ring (bicyclic) bond motifs is 1. The van der Waals surface area contributed by atoms with Gasteiger partial charge in [0.2, 0.25) is 11.8 Å². The van der Waals surface area contributed by atoms with E-state index in [1.165, 1.54) is 0 Å². The molecule has 0 bridgehead atoms. The van der Waals surface area contributed by atoms with Crippen LogP contribution in [0.1, 0.15) is 57.8 Å². The summed E-state index contributed by atoms with van der Waals surface area (Å²) in [6.07, 6.45) is 5.69. The zero-order chi connectivity index (χ0) is 26.1. The van der Waals surface area contributed by atoms with Crippen molar-refractivity contribution >= 4 is 35.0 Å². The lowest BCUT2D eigenvalue weighted by Crippen LogP contribution is -2.54. The Hall–Kier alpha value is -4.34. The standard InChI is InChI=1S/C27H28N6O4/c1-15-3-2-4-22(31-15)21(28)9-10-29-18-11-16(12-18)14-30-17-5-6-19-20(13-17)27(37)33(26(19)36)23-7-8-24(34)32-25(23)35/h2-6,9-10,13,16,18,23,28-30H,7-8,11-12,14H2,1H3,(H,32,34,35)/b10-9-,28-21?. The molecule has 3 heterocycles. The van der Waals surface area contributed by atoms with E-state index in [9.17, 15) is 19.2 Å². The Morgan fingerprint density at radius 1 is 1.14 bits per heavy atom. The highest BCUT2D eigenvalue weighted by atomic mass is 16.2. The first kappa shape index (κ1) is 24.4. The average molecular weight is 501 g/mol. The van der Waals surface area contributed by atoms with Gasteiger partial charge < -0.3 is 10.6 Å². The number of amides is 4. The molecule has 2 aromatic rings. The molecule has 3 aliphatic rings. The molecule has 2 fully saturated rings. The SMILES string of the molecule is Cc1cccc(C(=N)/C=C\NC2CC(CNc3ccc4c(c3)C(=O)N(C3CCC(=O)NC3=O)C4=O)C2)n1. The molecule has 1 saturated carbocycles. The highest BCUT2D eigenvalue weighted by molar-refractivity contribution is 6.23. The van der Waals surface area contributed by atoms with Gasteiger partial charge in [-0.15, -0.1) is 0 Å². The van der Waals surface area contributed by atoms with E-state index in [4.69, 9.17) is 5.41 Å². The fourth-order valence-electron chi connectivity index (χ4n) is 4.93. The van der Waals surface area contributed by atoms with Gasteiger partial charge in [-0.2, -0.15) is 0 Å². The van der Waals surface area contributed by atoms with E-state index in [0.717, 1.165) is 35.7 Å². The van der Waals surface area contributed by atoms with Gasteiger partial charge in [-0.1, -0.05) is 6.07 Å². The van der Waals surface area contributed by atoms with E-state index in [1.54, 1.807) is 30.5 Å². The number of rotatable bonds is 8. The molecule has 37 heavy (non-hydrogen) atoms. The minimum atomic E-state index is -0.966. The molecule has 5 rings (SSSR count). The second-order valence-corrected chi connectivity index (χ2v) is 9.70. The zero-order valence-electron chi connectivity index (χ0n) is 20.4. The number of benzene rings is 1. The lowest BCUT2D eigenvalue weighted by atomic mass is 9.80. The highest BCUT2D eigenvalue weighted by Gasteiger charge is 2.44. The number of anilines is 1. The average Bonchev–Trinajstić information content (AvgIpc) is 3.09. The third kappa shape index (κ3) is 5.00. The fraction of sp³-hybridized carbons (Fsp3) is 0.333. The van der Waals surface area contributed by atoms with Gasteiger partial charge in [0.15, 0.2) is 0 Å². The number of carbonyl (C=O) groups is 4. The van der Waals surface area contributed by atoms with Crippen LogP contribution in [0, 0.1) is 18.3 Å². The second-order valence-electron chi connectivity index (χ2n) is 9.70. The van der Waals surface area contributed by atoms with Crippen molar-refractivity contribution in [2.24, 2.45) is 5.92 Å². The summed E-state index contributed by atoms with van der Waals surface area (Å²) in [6.45, 7) is 2.63. The lowest BCUT2D eigenvalue weighted by Gasteiger charge is -2.35. The summed E-state index contributed by atoms with van der Waals surface area (Å²) in [5.74, 6) is -1.57. The minimum Gasteiger partial charge on any atom is -0.388 e. The van der Waals surface area contributed by atoms with Gasteiger partial charge >= 0.3 is 0 Å². The summed E-state index contributed by atoms with van der Waals surface area (Å²) < 4.78 is 0. The maximum Gasteiger partial charge on any atom is 0.262 e. The quantitative estimate of drug-likeness (QED) is 0.321. The number of imide groups is 2.